The monoisotopic (exact) mass is 261 g/mol. The van der Waals surface area contributed by atoms with E-state index in [0.717, 1.165) is 12.2 Å². The summed E-state index contributed by atoms with van der Waals surface area (Å²) >= 11 is 0. The molecule has 0 aromatic heterocycles. The Morgan fingerprint density at radius 2 is 1.95 bits per heavy atom. The summed E-state index contributed by atoms with van der Waals surface area (Å²) in [6, 6.07) is 8.08. The molecule has 0 bridgehead atoms. The Bertz CT molecular complexity index is 413. The highest BCUT2D eigenvalue weighted by molar-refractivity contribution is 5.77. The van der Waals surface area contributed by atoms with Crippen molar-refractivity contribution in [2.75, 3.05) is 6.61 Å². The molecule has 1 fully saturated rings. The quantitative estimate of drug-likeness (QED) is 0.904. The Morgan fingerprint density at radius 3 is 2.63 bits per heavy atom. The summed E-state index contributed by atoms with van der Waals surface area (Å²) in [6.45, 7) is 4.35. The van der Waals surface area contributed by atoms with E-state index < -0.39 is 0 Å². The van der Waals surface area contributed by atoms with Crippen LogP contribution in [0.25, 0.3) is 0 Å². The van der Waals surface area contributed by atoms with E-state index in [9.17, 15) is 4.79 Å². The number of benzene rings is 1. The Hall–Kier alpha value is -1.51. The van der Waals surface area contributed by atoms with Gasteiger partial charge in [-0.3, -0.25) is 4.79 Å². The number of ether oxygens (including phenoxy) is 1. The number of nitrogens with one attached hydrogen (secondary N) is 1. The van der Waals surface area contributed by atoms with Gasteiger partial charge in [0.25, 0.3) is 5.91 Å². The smallest absolute Gasteiger partial charge is 0.258 e. The Balaban J connectivity index is 1.76. The fraction of sp³-hybridized carbons (Fsp3) is 0.562. The van der Waals surface area contributed by atoms with Gasteiger partial charge >= 0.3 is 0 Å². The average Bonchev–Trinajstić information content (AvgIpc) is 2.41. The first kappa shape index (κ1) is 13.9. The van der Waals surface area contributed by atoms with Crippen LogP contribution < -0.4 is 10.1 Å². The molecule has 104 valence electrons. The number of carbonyl (C=O) groups excluding carboxylic acids is 1. The van der Waals surface area contributed by atoms with Crippen molar-refractivity contribution in [1.29, 1.82) is 0 Å². The highest BCUT2D eigenvalue weighted by atomic mass is 16.5. The summed E-state index contributed by atoms with van der Waals surface area (Å²) in [5.74, 6) is 1.31. The average molecular weight is 261 g/mol. The summed E-state index contributed by atoms with van der Waals surface area (Å²) in [7, 11) is 0. The minimum Gasteiger partial charge on any atom is -0.484 e. The molecular formula is C16H23NO2. The summed E-state index contributed by atoms with van der Waals surface area (Å²) < 4.78 is 5.49. The lowest BCUT2D eigenvalue weighted by atomic mass is 9.86. The lowest BCUT2D eigenvalue weighted by molar-refractivity contribution is -0.124. The molecule has 1 aromatic carbocycles. The predicted octanol–water partition coefficient (Wildman–Crippen LogP) is 3.07. The molecule has 1 aromatic rings. The highest BCUT2D eigenvalue weighted by Gasteiger charge is 2.22. The first-order chi connectivity index (χ1) is 9.15. The zero-order chi connectivity index (χ0) is 13.7. The summed E-state index contributed by atoms with van der Waals surface area (Å²) in [6.07, 6.45) is 4.81. The van der Waals surface area contributed by atoms with Gasteiger partial charge in [-0.25, -0.2) is 0 Å². The van der Waals surface area contributed by atoms with Crippen molar-refractivity contribution in [3.05, 3.63) is 29.8 Å². The van der Waals surface area contributed by atoms with Crippen molar-refractivity contribution < 1.29 is 9.53 Å². The molecule has 0 spiro atoms. The number of aryl methyl sites for hydroxylation is 1. The van der Waals surface area contributed by atoms with E-state index in [-0.39, 0.29) is 12.5 Å². The molecule has 1 aliphatic rings. The van der Waals surface area contributed by atoms with E-state index in [0.29, 0.717) is 12.0 Å². The number of hydrogen-bond donors (Lipinski definition) is 1. The maximum Gasteiger partial charge on any atom is 0.258 e. The van der Waals surface area contributed by atoms with Crippen LogP contribution in [0.4, 0.5) is 0 Å². The van der Waals surface area contributed by atoms with E-state index in [1.807, 2.05) is 31.2 Å². The fourth-order valence-corrected chi connectivity index (χ4v) is 2.56. The van der Waals surface area contributed by atoms with Gasteiger partial charge in [0.1, 0.15) is 5.75 Å². The van der Waals surface area contributed by atoms with Gasteiger partial charge in [0.05, 0.1) is 0 Å². The number of amides is 1. The molecule has 0 aliphatic heterocycles. The molecular weight excluding hydrogens is 238 g/mol. The third kappa shape index (κ3) is 4.27. The van der Waals surface area contributed by atoms with Gasteiger partial charge in [0.15, 0.2) is 6.61 Å². The highest BCUT2D eigenvalue weighted by Crippen LogP contribution is 2.23. The van der Waals surface area contributed by atoms with Crippen molar-refractivity contribution >= 4 is 5.91 Å². The molecule has 3 nitrogen and oxygen atoms in total. The second-order valence-corrected chi connectivity index (χ2v) is 5.54. The standard InChI is InChI=1S/C16H23NO2/c1-12-7-9-14(10-8-12)19-11-16(18)17-15-6-4-3-5-13(15)2/h7-10,13,15H,3-6,11H2,1-2H3,(H,17,18). The molecule has 1 saturated carbocycles. The Kier molecular flexibility index (Phi) is 4.83. The van der Waals surface area contributed by atoms with Crippen LogP contribution in [0.5, 0.6) is 5.75 Å². The third-order valence-corrected chi connectivity index (χ3v) is 3.85. The largest absolute Gasteiger partial charge is 0.484 e. The van der Waals surface area contributed by atoms with Crippen LogP contribution in [0.2, 0.25) is 0 Å². The third-order valence-electron chi connectivity index (χ3n) is 3.85. The zero-order valence-electron chi connectivity index (χ0n) is 11.8. The molecule has 0 saturated heterocycles. The Labute approximate surface area is 115 Å². The Morgan fingerprint density at radius 1 is 1.26 bits per heavy atom. The lowest BCUT2D eigenvalue weighted by Gasteiger charge is -2.29. The van der Waals surface area contributed by atoms with Crippen molar-refractivity contribution in [2.45, 2.75) is 45.6 Å². The van der Waals surface area contributed by atoms with E-state index in [2.05, 4.69) is 12.2 Å². The van der Waals surface area contributed by atoms with Gasteiger partial charge in [0, 0.05) is 6.04 Å². The summed E-state index contributed by atoms with van der Waals surface area (Å²) in [5.41, 5.74) is 1.19. The molecule has 0 radical (unpaired) electrons. The molecule has 2 rings (SSSR count). The van der Waals surface area contributed by atoms with Gasteiger partial charge < -0.3 is 10.1 Å². The fourth-order valence-electron chi connectivity index (χ4n) is 2.56. The molecule has 19 heavy (non-hydrogen) atoms. The van der Waals surface area contributed by atoms with Crippen LogP contribution in [0.15, 0.2) is 24.3 Å². The molecule has 2 unspecified atom stereocenters. The van der Waals surface area contributed by atoms with E-state index in [4.69, 9.17) is 4.74 Å². The van der Waals surface area contributed by atoms with Gasteiger partial charge in [-0.2, -0.15) is 0 Å². The van der Waals surface area contributed by atoms with Gasteiger partial charge in [0.2, 0.25) is 0 Å². The van der Waals surface area contributed by atoms with Crippen LogP contribution in [0.1, 0.15) is 38.2 Å². The molecule has 1 amide bonds. The van der Waals surface area contributed by atoms with Crippen LogP contribution in [0.3, 0.4) is 0 Å². The number of carbonyl (C=O) groups is 1. The van der Waals surface area contributed by atoms with E-state index in [1.165, 1.54) is 24.8 Å². The molecule has 0 heterocycles. The van der Waals surface area contributed by atoms with Crippen LogP contribution >= 0.6 is 0 Å². The minimum atomic E-state index is -0.0145. The van der Waals surface area contributed by atoms with E-state index in [1.54, 1.807) is 0 Å². The minimum absolute atomic E-state index is 0.0145. The van der Waals surface area contributed by atoms with Crippen molar-refractivity contribution in [2.24, 2.45) is 5.92 Å². The summed E-state index contributed by atoms with van der Waals surface area (Å²) in [5, 5.41) is 3.09. The van der Waals surface area contributed by atoms with Gasteiger partial charge in [-0.05, 0) is 37.8 Å². The van der Waals surface area contributed by atoms with Crippen molar-refractivity contribution in [3.63, 3.8) is 0 Å². The van der Waals surface area contributed by atoms with Crippen LogP contribution in [-0.2, 0) is 4.79 Å². The van der Waals surface area contributed by atoms with Gasteiger partial charge in [-0.1, -0.05) is 37.5 Å². The van der Waals surface area contributed by atoms with Crippen molar-refractivity contribution in [3.8, 4) is 5.75 Å². The summed E-state index contributed by atoms with van der Waals surface area (Å²) in [4.78, 5) is 11.9. The molecule has 1 N–H and O–H groups in total. The van der Waals surface area contributed by atoms with Crippen LogP contribution in [0, 0.1) is 12.8 Å². The zero-order valence-corrected chi connectivity index (χ0v) is 11.8. The number of rotatable bonds is 4. The van der Waals surface area contributed by atoms with Crippen LogP contribution in [-0.4, -0.2) is 18.6 Å². The van der Waals surface area contributed by atoms with Crippen molar-refractivity contribution in [1.82, 2.24) is 5.32 Å². The second-order valence-electron chi connectivity index (χ2n) is 5.54. The first-order valence-corrected chi connectivity index (χ1v) is 7.14. The molecule has 3 heteroatoms. The molecule has 1 aliphatic carbocycles. The normalized spacial score (nSPS) is 22.8. The predicted molar refractivity (Wildman–Crippen MR) is 76.2 cm³/mol. The lowest BCUT2D eigenvalue weighted by Crippen LogP contribution is -2.43. The molecule has 2 atom stereocenters. The topological polar surface area (TPSA) is 38.3 Å². The second kappa shape index (κ2) is 6.60. The maximum atomic E-state index is 11.9. The maximum absolute atomic E-state index is 11.9. The first-order valence-electron chi connectivity index (χ1n) is 7.14. The number of hydrogen-bond acceptors (Lipinski definition) is 2. The van der Waals surface area contributed by atoms with Gasteiger partial charge in [-0.15, -0.1) is 0 Å². The SMILES string of the molecule is Cc1ccc(OCC(=O)NC2CCCCC2C)cc1. The van der Waals surface area contributed by atoms with E-state index >= 15 is 0 Å².